The highest BCUT2D eigenvalue weighted by Gasteiger charge is 2.13. The smallest absolute Gasteiger partial charge is 0.146 e. The minimum absolute atomic E-state index is 0.0334. The number of hydrogen-bond donors (Lipinski definition) is 1. The molecular weight excluding hydrogens is 192 g/mol. The van der Waals surface area contributed by atoms with Gasteiger partial charge in [0.15, 0.2) is 0 Å². The first-order valence-electron chi connectivity index (χ1n) is 5.72. The lowest BCUT2D eigenvalue weighted by Gasteiger charge is -2.26. The molecule has 4 nitrogen and oxygen atoms in total. The monoisotopic (exact) mass is 214 g/mol. The molecule has 0 aromatic carbocycles. The molecule has 4 heteroatoms. The summed E-state index contributed by atoms with van der Waals surface area (Å²) in [6.07, 6.45) is 2.01. The Balaban J connectivity index is 2.11. The fraction of sp³-hybridized carbons (Fsp3) is 0.909. The fourth-order valence-corrected chi connectivity index (χ4v) is 1.89. The highest BCUT2D eigenvalue weighted by Crippen LogP contribution is 2.03. The number of nitrogens with one attached hydrogen (secondary N) is 1. The predicted octanol–water partition coefficient (Wildman–Crippen LogP) is 0.276. The van der Waals surface area contributed by atoms with Crippen molar-refractivity contribution in [2.24, 2.45) is 0 Å². The summed E-state index contributed by atoms with van der Waals surface area (Å²) >= 11 is 0. The average Bonchev–Trinajstić information content (AvgIpc) is 2.25. The van der Waals surface area contributed by atoms with E-state index in [1.165, 1.54) is 0 Å². The molecule has 1 rings (SSSR count). The molecule has 1 saturated heterocycles. The summed E-state index contributed by atoms with van der Waals surface area (Å²) in [5.41, 5.74) is 0. The van der Waals surface area contributed by atoms with Crippen LogP contribution in [-0.4, -0.2) is 56.6 Å². The molecule has 1 heterocycles. The molecule has 0 radical (unpaired) electrons. The zero-order chi connectivity index (χ0) is 11.1. The number of carbonyl (C=O) groups is 1. The van der Waals surface area contributed by atoms with Gasteiger partial charge in [-0.05, 0) is 33.4 Å². The molecule has 0 aromatic rings. The van der Waals surface area contributed by atoms with Crippen LogP contribution in [0.1, 0.15) is 19.8 Å². The molecule has 0 aliphatic carbocycles. The van der Waals surface area contributed by atoms with Crippen LogP contribution in [-0.2, 0) is 9.53 Å². The van der Waals surface area contributed by atoms with E-state index in [4.69, 9.17) is 4.74 Å². The van der Waals surface area contributed by atoms with E-state index in [-0.39, 0.29) is 11.8 Å². The van der Waals surface area contributed by atoms with Crippen molar-refractivity contribution >= 4 is 5.78 Å². The molecule has 0 aromatic heterocycles. The van der Waals surface area contributed by atoms with Gasteiger partial charge in [-0.25, -0.2) is 0 Å². The first kappa shape index (κ1) is 12.6. The maximum Gasteiger partial charge on any atom is 0.146 e. The van der Waals surface area contributed by atoms with Crippen molar-refractivity contribution in [3.8, 4) is 0 Å². The van der Waals surface area contributed by atoms with E-state index in [1.54, 1.807) is 6.92 Å². The van der Waals surface area contributed by atoms with Gasteiger partial charge in [-0.15, -0.1) is 0 Å². The van der Waals surface area contributed by atoms with Crippen molar-refractivity contribution in [1.29, 1.82) is 0 Å². The van der Waals surface area contributed by atoms with Gasteiger partial charge in [-0.3, -0.25) is 9.69 Å². The number of likely N-dealkylation sites (N-methyl/N-ethyl adjacent to an activating group) is 1. The third-order valence-corrected chi connectivity index (χ3v) is 2.91. The van der Waals surface area contributed by atoms with Crippen LogP contribution in [0.25, 0.3) is 0 Å². The van der Waals surface area contributed by atoms with Gasteiger partial charge in [0, 0.05) is 13.1 Å². The summed E-state index contributed by atoms with van der Waals surface area (Å²) in [5, 5.41) is 3.05. The van der Waals surface area contributed by atoms with E-state index in [1.807, 2.05) is 7.05 Å². The van der Waals surface area contributed by atoms with Crippen LogP contribution in [0.5, 0.6) is 0 Å². The van der Waals surface area contributed by atoms with Crippen molar-refractivity contribution in [2.45, 2.75) is 25.8 Å². The van der Waals surface area contributed by atoms with Crippen LogP contribution in [0.3, 0.4) is 0 Å². The summed E-state index contributed by atoms with van der Waals surface area (Å²) in [6.45, 7) is 6.49. The molecule has 0 amide bonds. The zero-order valence-electron chi connectivity index (χ0n) is 9.79. The van der Waals surface area contributed by atoms with Gasteiger partial charge in [0.1, 0.15) is 5.78 Å². The van der Waals surface area contributed by atoms with E-state index in [0.29, 0.717) is 0 Å². The Kier molecular flexibility index (Phi) is 5.83. The first-order valence-corrected chi connectivity index (χ1v) is 5.72. The Morgan fingerprint density at radius 1 is 1.47 bits per heavy atom. The topological polar surface area (TPSA) is 41.6 Å². The third-order valence-electron chi connectivity index (χ3n) is 2.91. The van der Waals surface area contributed by atoms with Gasteiger partial charge in [-0.2, -0.15) is 0 Å². The number of ether oxygens (including phenoxy) is 1. The molecule has 0 saturated carbocycles. The number of rotatable bonds is 6. The van der Waals surface area contributed by atoms with Crippen LogP contribution in [0.4, 0.5) is 0 Å². The lowest BCUT2D eigenvalue weighted by molar-refractivity contribution is -0.119. The van der Waals surface area contributed by atoms with Crippen LogP contribution < -0.4 is 5.32 Å². The molecular formula is C11H22N2O2. The van der Waals surface area contributed by atoms with E-state index in [9.17, 15) is 4.79 Å². The van der Waals surface area contributed by atoms with Crippen LogP contribution in [0.2, 0.25) is 0 Å². The maximum atomic E-state index is 11.2. The van der Waals surface area contributed by atoms with Crippen LogP contribution in [0, 0.1) is 0 Å². The Bertz CT molecular complexity index is 191. The number of nitrogens with zero attached hydrogens (tertiary/aromatic N) is 1. The van der Waals surface area contributed by atoms with Gasteiger partial charge in [-0.1, -0.05) is 0 Å². The van der Waals surface area contributed by atoms with Crippen LogP contribution >= 0.6 is 0 Å². The lowest BCUT2D eigenvalue weighted by atomic mass is 10.1. The van der Waals surface area contributed by atoms with Crippen molar-refractivity contribution in [1.82, 2.24) is 10.2 Å². The van der Waals surface area contributed by atoms with E-state index < -0.39 is 0 Å². The van der Waals surface area contributed by atoms with E-state index >= 15 is 0 Å². The Morgan fingerprint density at radius 2 is 2.13 bits per heavy atom. The summed E-state index contributed by atoms with van der Waals surface area (Å²) in [5.74, 6) is 0.236. The van der Waals surface area contributed by atoms with Gasteiger partial charge >= 0.3 is 0 Å². The molecule has 0 spiro atoms. The molecule has 0 bridgehead atoms. The van der Waals surface area contributed by atoms with Gasteiger partial charge in [0.05, 0.1) is 19.3 Å². The van der Waals surface area contributed by atoms with Crippen molar-refractivity contribution in [3.63, 3.8) is 0 Å². The van der Waals surface area contributed by atoms with E-state index in [2.05, 4.69) is 10.2 Å². The Morgan fingerprint density at radius 3 is 2.67 bits per heavy atom. The van der Waals surface area contributed by atoms with Crippen molar-refractivity contribution in [3.05, 3.63) is 0 Å². The lowest BCUT2D eigenvalue weighted by Crippen LogP contribution is -2.38. The highest BCUT2D eigenvalue weighted by atomic mass is 16.5. The SMILES string of the molecule is CN[C@@H](CCCN1CCOCC1)C(C)=O. The summed E-state index contributed by atoms with van der Waals surface area (Å²) in [7, 11) is 1.85. The first-order chi connectivity index (χ1) is 7.24. The average molecular weight is 214 g/mol. The minimum atomic E-state index is 0.0334. The van der Waals surface area contributed by atoms with Gasteiger partial charge < -0.3 is 10.1 Å². The number of morpholine rings is 1. The number of ketones is 1. The third kappa shape index (κ3) is 4.73. The second-order valence-corrected chi connectivity index (χ2v) is 4.05. The predicted molar refractivity (Wildman–Crippen MR) is 60.0 cm³/mol. The molecule has 1 aliphatic rings. The standard InChI is InChI=1S/C11H22N2O2/c1-10(14)11(12-2)4-3-5-13-6-8-15-9-7-13/h11-12H,3-9H2,1-2H3/t11-/m0/s1. The Hall–Kier alpha value is -0.450. The normalized spacial score (nSPS) is 20.1. The molecule has 1 fully saturated rings. The quantitative estimate of drug-likeness (QED) is 0.689. The van der Waals surface area contributed by atoms with Gasteiger partial charge in [0.2, 0.25) is 0 Å². The molecule has 1 atom stereocenters. The molecule has 88 valence electrons. The van der Waals surface area contributed by atoms with E-state index in [0.717, 1.165) is 45.7 Å². The second kappa shape index (κ2) is 6.93. The van der Waals surface area contributed by atoms with Crippen molar-refractivity contribution in [2.75, 3.05) is 39.9 Å². The summed E-state index contributed by atoms with van der Waals surface area (Å²) in [6, 6.07) is 0.0334. The molecule has 1 N–H and O–H groups in total. The van der Waals surface area contributed by atoms with Gasteiger partial charge in [0.25, 0.3) is 0 Å². The maximum absolute atomic E-state index is 11.2. The largest absolute Gasteiger partial charge is 0.379 e. The highest BCUT2D eigenvalue weighted by molar-refractivity contribution is 5.81. The van der Waals surface area contributed by atoms with Crippen molar-refractivity contribution < 1.29 is 9.53 Å². The number of hydrogen-bond acceptors (Lipinski definition) is 4. The second-order valence-electron chi connectivity index (χ2n) is 4.05. The molecule has 0 unspecified atom stereocenters. The Labute approximate surface area is 92.0 Å². The zero-order valence-corrected chi connectivity index (χ0v) is 9.79. The summed E-state index contributed by atoms with van der Waals surface area (Å²) in [4.78, 5) is 13.6. The minimum Gasteiger partial charge on any atom is -0.379 e. The molecule has 15 heavy (non-hydrogen) atoms. The molecule has 1 aliphatic heterocycles. The fourth-order valence-electron chi connectivity index (χ4n) is 1.89. The number of carbonyl (C=O) groups excluding carboxylic acids is 1. The summed E-state index contributed by atoms with van der Waals surface area (Å²) < 4.78 is 5.28. The number of Topliss-reactive ketones (excluding diaryl/α,β-unsaturated/α-hetero) is 1. The van der Waals surface area contributed by atoms with Crippen LogP contribution in [0.15, 0.2) is 0 Å².